The average molecular weight is 430 g/mol. The van der Waals surface area contributed by atoms with Crippen molar-refractivity contribution in [2.45, 2.75) is 11.8 Å². The first kappa shape index (κ1) is 20.3. The van der Waals surface area contributed by atoms with Crippen LogP contribution in [0.3, 0.4) is 0 Å². The van der Waals surface area contributed by atoms with E-state index in [1.54, 1.807) is 66.7 Å². The predicted octanol–water partition coefficient (Wildman–Crippen LogP) is 6.19. The lowest BCUT2D eigenvalue weighted by atomic mass is 10.1. The Kier molecular flexibility index (Phi) is 6.35. The van der Waals surface area contributed by atoms with E-state index in [-0.39, 0.29) is 10.6 Å². The van der Waals surface area contributed by atoms with E-state index in [0.29, 0.717) is 21.2 Å². The Labute approximate surface area is 175 Å². The molecular formula is C22H17Cl2NO2S. The third kappa shape index (κ3) is 4.90. The Morgan fingerprint density at radius 1 is 0.857 bits per heavy atom. The number of aryl methyl sites for hydroxylation is 1. The number of benzene rings is 3. The van der Waals surface area contributed by atoms with Gasteiger partial charge < -0.3 is 0 Å². The molecule has 0 aromatic heterocycles. The molecule has 0 N–H and O–H groups in total. The van der Waals surface area contributed by atoms with E-state index in [0.717, 1.165) is 5.56 Å². The Hall–Kier alpha value is -2.40. The minimum atomic E-state index is -3.88. The normalized spacial score (nSPS) is 12.5. The van der Waals surface area contributed by atoms with E-state index in [1.807, 2.05) is 25.1 Å². The molecule has 6 heteroatoms. The number of hydrogen-bond acceptors (Lipinski definition) is 2. The van der Waals surface area contributed by atoms with Gasteiger partial charge in [0.05, 0.1) is 10.6 Å². The Morgan fingerprint density at radius 3 is 2.07 bits per heavy atom. The van der Waals surface area contributed by atoms with Crippen molar-refractivity contribution < 1.29 is 8.42 Å². The first-order valence-electron chi connectivity index (χ1n) is 8.46. The van der Waals surface area contributed by atoms with Crippen LogP contribution in [0, 0.1) is 6.92 Å². The van der Waals surface area contributed by atoms with Crippen molar-refractivity contribution in [1.82, 2.24) is 0 Å². The highest BCUT2D eigenvalue weighted by Crippen LogP contribution is 2.26. The van der Waals surface area contributed by atoms with Gasteiger partial charge in [-0.05, 0) is 43.3 Å². The van der Waals surface area contributed by atoms with Crippen molar-refractivity contribution in [3.63, 3.8) is 0 Å². The molecule has 0 bridgehead atoms. The van der Waals surface area contributed by atoms with Crippen molar-refractivity contribution in [2.75, 3.05) is 0 Å². The van der Waals surface area contributed by atoms with Gasteiger partial charge in [0, 0.05) is 21.2 Å². The summed E-state index contributed by atoms with van der Waals surface area (Å²) in [6.07, 6.45) is 3.27. The first-order chi connectivity index (χ1) is 13.4. The van der Waals surface area contributed by atoms with Gasteiger partial charge in [-0.2, -0.15) is 12.8 Å². The van der Waals surface area contributed by atoms with Crippen LogP contribution in [-0.4, -0.2) is 14.1 Å². The van der Waals surface area contributed by atoms with Gasteiger partial charge in [0.15, 0.2) is 0 Å². The fourth-order valence-corrected chi connectivity index (χ4v) is 4.05. The lowest BCUT2D eigenvalue weighted by Gasteiger charge is -2.05. The number of halogens is 2. The number of rotatable bonds is 5. The van der Waals surface area contributed by atoms with E-state index in [2.05, 4.69) is 4.40 Å². The molecule has 0 radical (unpaired) electrons. The molecule has 142 valence electrons. The maximum atomic E-state index is 12.8. The van der Waals surface area contributed by atoms with E-state index in [1.165, 1.54) is 0 Å². The summed E-state index contributed by atoms with van der Waals surface area (Å²) in [7, 11) is -3.88. The summed E-state index contributed by atoms with van der Waals surface area (Å²) in [4.78, 5) is 0.135. The fraction of sp³-hybridized carbons (Fsp3) is 0.0455. The highest BCUT2D eigenvalue weighted by molar-refractivity contribution is 7.90. The summed E-state index contributed by atoms with van der Waals surface area (Å²) >= 11 is 12.4. The topological polar surface area (TPSA) is 46.5 Å². The molecule has 0 aliphatic heterocycles. The maximum absolute atomic E-state index is 12.8. The largest absolute Gasteiger partial charge is 0.282 e. The molecule has 0 fully saturated rings. The number of hydrogen-bond donors (Lipinski definition) is 0. The van der Waals surface area contributed by atoms with Crippen molar-refractivity contribution in [3.8, 4) is 0 Å². The standard InChI is InChI=1S/C22H17Cl2NO2S/c1-16-10-12-18(13-11-16)28(26,27)25-22(17-6-3-2-4-7-17)15-14-19-20(23)8-5-9-21(19)24/h2-15H,1H3/b15-14+,25-22-. The lowest BCUT2D eigenvalue weighted by Crippen LogP contribution is -2.04. The molecule has 3 aromatic rings. The SMILES string of the molecule is Cc1ccc(S(=O)(=O)/N=C(/C=C/c2c(Cl)cccc2Cl)c2ccccc2)cc1. The average Bonchev–Trinajstić information content (AvgIpc) is 2.67. The molecule has 0 atom stereocenters. The quantitative estimate of drug-likeness (QED) is 0.453. The predicted molar refractivity (Wildman–Crippen MR) is 117 cm³/mol. The van der Waals surface area contributed by atoms with Gasteiger partial charge in [-0.15, -0.1) is 0 Å². The summed E-state index contributed by atoms with van der Waals surface area (Å²) < 4.78 is 29.7. The molecule has 0 spiro atoms. The van der Waals surface area contributed by atoms with Crippen molar-refractivity contribution in [1.29, 1.82) is 0 Å². The van der Waals surface area contributed by atoms with Gasteiger partial charge in [-0.1, -0.05) is 77.3 Å². The second-order valence-corrected chi connectivity index (χ2v) is 8.52. The molecule has 0 amide bonds. The van der Waals surface area contributed by atoms with Gasteiger partial charge >= 0.3 is 0 Å². The summed E-state index contributed by atoms with van der Waals surface area (Å²) in [5.74, 6) is 0. The smallest absolute Gasteiger partial charge is 0.199 e. The number of allylic oxidation sites excluding steroid dienone is 1. The highest BCUT2D eigenvalue weighted by atomic mass is 35.5. The van der Waals surface area contributed by atoms with Crippen molar-refractivity contribution in [3.05, 3.63) is 106 Å². The summed E-state index contributed by atoms with van der Waals surface area (Å²) in [6, 6.07) is 20.8. The van der Waals surface area contributed by atoms with Crippen LogP contribution in [-0.2, 0) is 10.0 Å². The fourth-order valence-electron chi connectivity index (χ4n) is 2.51. The zero-order valence-corrected chi connectivity index (χ0v) is 17.3. The van der Waals surface area contributed by atoms with Gasteiger partial charge in [0.1, 0.15) is 0 Å². The maximum Gasteiger partial charge on any atom is 0.282 e. The minimum Gasteiger partial charge on any atom is -0.199 e. The Morgan fingerprint density at radius 2 is 1.46 bits per heavy atom. The third-order valence-corrected chi connectivity index (χ3v) is 5.98. The van der Waals surface area contributed by atoms with Crippen LogP contribution < -0.4 is 0 Å². The van der Waals surface area contributed by atoms with Crippen LogP contribution in [0.25, 0.3) is 6.08 Å². The summed E-state index contributed by atoms with van der Waals surface area (Å²) in [6.45, 7) is 1.89. The van der Waals surface area contributed by atoms with E-state index < -0.39 is 10.0 Å². The Balaban J connectivity index is 2.09. The molecule has 3 aromatic carbocycles. The molecule has 28 heavy (non-hydrogen) atoms. The van der Waals surface area contributed by atoms with Gasteiger partial charge in [-0.25, -0.2) is 0 Å². The number of nitrogens with zero attached hydrogens (tertiary/aromatic N) is 1. The second kappa shape index (κ2) is 8.74. The molecular weight excluding hydrogens is 413 g/mol. The molecule has 0 saturated heterocycles. The third-order valence-electron chi connectivity index (χ3n) is 4.01. The molecule has 0 saturated carbocycles. The number of sulfonamides is 1. The lowest BCUT2D eigenvalue weighted by molar-refractivity contribution is 0.598. The van der Waals surface area contributed by atoms with Crippen LogP contribution in [0.2, 0.25) is 10.0 Å². The second-order valence-electron chi connectivity index (χ2n) is 6.10. The zero-order valence-electron chi connectivity index (χ0n) is 15.0. The molecule has 0 aliphatic carbocycles. The minimum absolute atomic E-state index is 0.135. The van der Waals surface area contributed by atoms with Crippen LogP contribution in [0.5, 0.6) is 0 Å². The van der Waals surface area contributed by atoms with Gasteiger partial charge in [0.2, 0.25) is 0 Å². The molecule has 0 aliphatic rings. The van der Waals surface area contributed by atoms with Crippen molar-refractivity contribution in [2.24, 2.45) is 4.40 Å². The zero-order chi connectivity index (χ0) is 20.1. The van der Waals surface area contributed by atoms with E-state index >= 15 is 0 Å². The first-order valence-corrected chi connectivity index (χ1v) is 10.7. The monoisotopic (exact) mass is 429 g/mol. The molecule has 3 rings (SSSR count). The molecule has 3 nitrogen and oxygen atoms in total. The van der Waals surface area contributed by atoms with Gasteiger partial charge in [0.25, 0.3) is 10.0 Å². The Bertz CT molecular complexity index is 1120. The highest BCUT2D eigenvalue weighted by Gasteiger charge is 2.14. The molecule has 0 heterocycles. The van der Waals surface area contributed by atoms with Crippen LogP contribution in [0.4, 0.5) is 0 Å². The summed E-state index contributed by atoms with van der Waals surface area (Å²) in [5.41, 5.74) is 2.52. The van der Waals surface area contributed by atoms with E-state index in [9.17, 15) is 8.42 Å². The van der Waals surface area contributed by atoms with Crippen molar-refractivity contribution >= 4 is 45.0 Å². The summed E-state index contributed by atoms with van der Waals surface area (Å²) in [5, 5.41) is 0.940. The van der Waals surface area contributed by atoms with Crippen LogP contribution >= 0.6 is 23.2 Å². The van der Waals surface area contributed by atoms with Gasteiger partial charge in [-0.3, -0.25) is 0 Å². The van der Waals surface area contributed by atoms with Crippen LogP contribution in [0.1, 0.15) is 16.7 Å². The van der Waals surface area contributed by atoms with Crippen LogP contribution in [0.15, 0.2) is 88.2 Å². The molecule has 0 unspecified atom stereocenters. The van der Waals surface area contributed by atoms with E-state index in [4.69, 9.17) is 23.2 Å².